The topological polar surface area (TPSA) is 16.4 Å². The average molecular weight is 690 g/mol. The molecular formula is C52H35NO. The third-order valence-corrected chi connectivity index (χ3v) is 10.5. The monoisotopic (exact) mass is 689 g/mol. The first-order valence-corrected chi connectivity index (χ1v) is 18.4. The van der Waals surface area contributed by atoms with Crippen molar-refractivity contribution in [2.24, 2.45) is 0 Å². The summed E-state index contributed by atoms with van der Waals surface area (Å²) in [4.78, 5) is 2.36. The molecule has 2 nitrogen and oxygen atoms in total. The summed E-state index contributed by atoms with van der Waals surface area (Å²) in [6.45, 7) is 0. The van der Waals surface area contributed by atoms with Crippen molar-refractivity contribution in [3.8, 4) is 44.5 Å². The average Bonchev–Trinajstić information content (AvgIpc) is 3.64. The van der Waals surface area contributed by atoms with Gasteiger partial charge in [-0.05, 0) is 110 Å². The smallest absolute Gasteiger partial charge is 0.137 e. The van der Waals surface area contributed by atoms with Crippen LogP contribution in [0, 0.1) is 0 Å². The van der Waals surface area contributed by atoms with E-state index in [0.29, 0.717) is 0 Å². The van der Waals surface area contributed by atoms with Gasteiger partial charge in [-0.2, -0.15) is 0 Å². The Kier molecular flexibility index (Phi) is 7.85. The van der Waals surface area contributed by atoms with Gasteiger partial charge in [-0.15, -0.1) is 0 Å². The number of para-hydroxylation sites is 1. The van der Waals surface area contributed by atoms with Crippen molar-refractivity contribution in [1.29, 1.82) is 0 Å². The van der Waals surface area contributed by atoms with Crippen LogP contribution in [0.5, 0.6) is 0 Å². The zero-order valence-electron chi connectivity index (χ0n) is 29.6. The lowest BCUT2D eigenvalue weighted by Crippen LogP contribution is -2.10. The molecule has 2 heteroatoms. The molecule has 0 saturated heterocycles. The van der Waals surface area contributed by atoms with E-state index in [0.717, 1.165) is 39.0 Å². The first kappa shape index (κ1) is 31.6. The van der Waals surface area contributed by atoms with E-state index in [1.165, 1.54) is 55.3 Å². The van der Waals surface area contributed by atoms with Crippen molar-refractivity contribution in [3.63, 3.8) is 0 Å². The molecule has 10 aromatic rings. The van der Waals surface area contributed by atoms with Gasteiger partial charge in [0.15, 0.2) is 0 Å². The van der Waals surface area contributed by atoms with Crippen molar-refractivity contribution in [2.75, 3.05) is 4.90 Å². The number of nitrogens with zero attached hydrogens (tertiary/aromatic N) is 1. The van der Waals surface area contributed by atoms with Gasteiger partial charge in [0.25, 0.3) is 0 Å². The lowest BCUT2D eigenvalue weighted by molar-refractivity contribution is 0.669. The molecule has 54 heavy (non-hydrogen) atoms. The minimum absolute atomic E-state index is 0.868. The highest BCUT2D eigenvalue weighted by atomic mass is 16.3. The number of fused-ring (bicyclic) bond motifs is 4. The second-order valence-corrected chi connectivity index (χ2v) is 13.7. The Morgan fingerprint density at radius 1 is 0.315 bits per heavy atom. The first-order chi connectivity index (χ1) is 26.8. The molecule has 0 amide bonds. The molecular weight excluding hydrogens is 655 g/mol. The predicted molar refractivity (Wildman–Crippen MR) is 228 cm³/mol. The normalized spacial score (nSPS) is 11.3. The summed E-state index contributed by atoms with van der Waals surface area (Å²) in [7, 11) is 0. The third kappa shape index (κ3) is 5.62. The lowest BCUT2D eigenvalue weighted by atomic mass is 9.91. The van der Waals surface area contributed by atoms with Gasteiger partial charge in [0.05, 0.1) is 11.1 Å². The van der Waals surface area contributed by atoms with Crippen molar-refractivity contribution < 1.29 is 4.42 Å². The number of hydrogen-bond donors (Lipinski definition) is 0. The van der Waals surface area contributed by atoms with Crippen molar-refractivity contribution in [2.45, 2.75) is 0 Å². The largest absolute Gasteiger partial charge is 0.456 e. The molecule has 0 spiro atoms. The highest BCUT2D eigenvalue weighted by molar-refractivity contribution is 6.13. The predicted octanol–water partition coefficient (Wildman–Crippen LogP) is 14.9. The van der Waals surface area contributed by atoms with Crippen LogP contribution in [0.2, 0.25) is 0 Å². The Hall–Kier alpha value is -7.16. The molecule has 0 aliphatic rings. The number of furan rings is 1. The SMILES string of the molecule is c1ccc(-c2ccccc2-c2ccc(N(c3ccc(-c4cc5ccccc5cc4-c4ccccc4)cc3)c3cccc4oc5ccccc5c34)cc2)cc1. The molecule has 0 fully saturated rings. The maximum Gasteiger partial charge on any atom is 0.137 e. The van der Waals surface area contributed by atoms with E-state index in [4.69, 9.17) is 4.42 Å². The summed E-state index contributed by atoms with van der Waals surface area (Å²) in [6.07, 6.45) is 0. The zero-order chi connectivity index (χ0) is 35.8. The van der Waals surface area contributed by atoms with Crippen LogP contribution in [0.1, 0.15) is 0 Å². The standard InChI is InChI=1S/C52H35NO/c1-3-14-36(15-4-1)44-20-9-10-21-45(44)38-26-30-42(31-27-38)53(49-23-13-25-51-52(49)46-22-11-12-24-50(46)54-51)43-32-28-39(29-33-43)48-35-41-19-8-7-18-40(41)34-47(48)37-16-5-2-6-17-37/h1-35H. The van der Waals surface area contributed by atoms with Gasteiger partial charge in [0.1, 0.15) is 11.2 Å². The summed E-state index contributed by atoms with van der Waals surface area (Å²) in [5.41, 5.74) is 14.6. The van der Waals surface area contributed by atoms with Gasteiger partial charge in [-0.25, -0.2) is 0 Å². The zero-order valence-corrected chi connectivity index (χ0v) is 29.6. The fourth-order valence-corrected chi connectivity index (χ4v) is 7.89. The van der Waals surface area contributed by atoms with Crippen molar-refractivity contribution in [1.82, 2.24) is 0 Å². The number of hydrogen-bond acceptors (Lipinski definition) is 2. The van der Waals surface area contributed by atoms with E-state index in [-0.39, 0.29) is 0 Å². The van der Waals surface area contributed by atoms with Gasteiger partial charge in [-0.3, -0.25) is 0 Å². The van der Waals surface area contributed by atoms with E-state index < -0.39 is 0 Å². The molecule has 254 valence electrons. The van der Waals surface area contributed by atoms with Gasteiger partial charge < -0.3 is 9.32 Å². The second kappa shape index (κ2) is 13.4. The van der Waals surface area contributed by atoms with Gasteiger partial charge in [-0.1, -0.05) is 158 Å². The maximum absolute atomic E-state index is 6.39. The van der Waals surface area contributed by atoms with Crippen LogP contribution < -0.4 is 4.90 Å². The second-order valence-electron chi connectivity index (χ2n) is 13.7. The summed E-state index contributed by atoms with van der Waals surface area (Å²) in [5, 5.41) is 4.65. The van der Waals surface area contributed by atoms with Gasteiger partial charge in [0.2, 0.25) is 0 Å². The molecule has 0 aliphatic carbocycles. The summed E-state index contributed by atoms with van der Waals surface area (Å²) in [5.74, 6) is 0. The third-order valence-electron chi connectivity index (χ3n) is 10.5. The van der Waals surface area contributed by atoms with Crippen LogP contribution in [0.15, 0.2) is 217 Å². The summed E-state index contributed by atoms with van der Waals surface area (Å²) >= 11 is 0. The highest BCUT2D eigenvalue weighted by Crippen LogP contribution is 2.44. The van der Waals surface area contributed by atoms with Crippen LogP contribution in [0.4, 0.5) is 17.1 Å². The van der Waals surface area contributed by atoms with E-state index >= 15 is 0 Å². The maximum atomic E-state index is 6.39. The van der Waals surface area contributed by atoms with Crippen LogP contribution >= 0.6 is 0 Å². The van der Waals surface area contributed by atoms with Crippen LogP contribution in [0.25, 0.3) is 77.2 Å². The molecule has 0 bridgehead atoms. The van der Waals surface area contributed by atoms with Gasteiger partial charge in [0, 0.05) is 16.8 Å². The minimum Gasteiger partial charge on any atom is -0.456 e. The van der Waals surface area contributed by atoms with Crippen LogP contribution in [-0.4, -0.2) is 0 Å². The number of anilines is 3. The van der Waals surface area contributed by atoms with E-state index in [9.17, 15) is 0 Å². The molecule has 1 aromatic heterocycles. The van der Waals surface area contributed by atoms with E-state index in [2.05, 4.69) is 205 Å². The van der Waals surface area contributed by atoms with Crippen molar-refractivity contribution in [3.05, 3.63) is 212 Å². The Labute approximate surface area is 314 Å². The lowest BCUT2D eigenvalue weighted by Gasteiger charge is -2.27. The van der Waals surface area contributed by atoms with E-state index in [1.54, 1.807) is 0 Å². The molecule has 0 radical (unpaired) electrons. The Bertz CT molecular complexity index is 2910. The Morgan fingerprint density at radius 3 is 1.35 bits per heavy atom. The Morgan fingerprint density at radius 2 is 0.759 bits per heavy atom. The van der Waals surface area contributed by atoms with Gasteiger partial charge >= 0.3 is 0 Å². The molecule has 1 heterocycles. The van der Waals surface area contributed by atoms with E-state index in [1.807, 2.05) is 12.1 Å². The van der Waals surface area contributed by atoms with Crippen LogP contribution in [-0.2, 0) is 0 Å². The minimum atomic E-state index is 0.868. The van der Waals surface area contributed by atoms with Crippen LogP contribution in [0.3, 0.4) is 0 Å². The molecule has 9 aromatic carbocycles. The quantitative estimate of drug-likeness (QED) is 0.166. The molecule has 10 rings (SSSR count). The molecule has 0 N–H and O–H groups in total. The number of benzene rings is 9. The highest BCUT2D eigenvalue weighted by Gasteiger charge is 2.20. The van der Waals surface area contributed by atoms with Crippen molar-refractivity contribution >= 4 is 49.8 Å². The Balaban J connectivity index is 1.12. The molecule has 0 saturated carbocycles. The fraction of sp³-hybridized carbons (Fsp3) is 0. The molecule has 0 unspecified atom stereocenters. The number of rotatable bonds is 7. The molecule has 0 atom stereocenters. The molecule has 0 aliphatic heterocycles. The first-order valence-electron chi connectivity index (χ1n) is 18.4. The summed E-state index contributed by atoms with van der Waals surface area (Å²) in [6, 6.07) is 75.9. The summed E-state index contributed by atoms with van der Waals surface area (Å²) < 4.78 is 6.39. The fourth-order valence-electron chi connectivity index (χ4n) is 7.89.